The van der Waals surface area contributed by atoms with E-state index in [4.69, 9.17) is 24.8 Å². The predicted molar refractivity (Wildman–Crippen MR) is 178 cm³/mol. The molecule has 3 aliphatic rings. The molecule has 234 valence electrons. The molecule has 1 saturated heterocycles. The number of rotatable bonds is 6. The summed E-state index contributed by atoms with van der Waals surface area (Å²) in [5, 5.41) is 6.95. The molecule has 10 heteroatoms. The number of aromatic amines is 1. The van der Waals surface area contributed by atoms with Crippen molar-refractivity contribution in [2.24, 2.45) is 17.8 Å². The Hall–Kier alpha value is -4.02. The topological polar surface area (TPSA) is 128 Å². The number of methoxy groups -OCH3 is 2. The third-order valence-electron chi connectivity index (χ3n) is 9.71. The summed E-state index contributed by atoms with van der Waals surface area (Å²) < 4.78 is 10.1. The first-order valence-corrected chi connectivity index (χ1v) is 15.3. The van der Waals surface area contributed by atoms with Crippen molar-refractivity contribution in [2.75, 3.05) is 14.2 Å². The summed E-state index contributed by atoms with van der Waals surface area (Å²) in [5.74, 6) is -2.97. The van der Waals surface area contributed by atoms with Gasteiger partial charge in [-0.15, -0.1) is 22.8 Å². The van der Waals surface area contributed by atoms with Gasteiger partial charge in [-0.2, -0.15) is 11.4 Å². The molecule has 0 spiro atoms. The van der Waals surface area contributed by atoms with Gasteiger partial charge in [-0.1, -0.05) is 61.4 Å². The molecule has 2 aliphatic heterocycles. The van der Waals surface area contributed by atoms with Crippen LogP contribution in [0.15, 0.2) is 18.0 Å². The van der Waals surface area contributed by atoms with Gasteiger partial charge < -0.3 is 29.7 Å². The zero-order valence-electron chi connectivity index (χ0n) is 27.5. The van der Waals surface area contributed by atoms with Crippen LogP contribution in [0, 0.1) is 38.5 Å². The number of aromatic nitrogens is 3. The largest absolute Gasteiger partial charge is 2.00 e. The van der Waals surface area contributed by atoms with Crippen molar-refractivity contribution >= 4 is 70.7 Å². The number of allylic oxidation sites excluding steroid dienone is 2. The third kappa shape index (κ3) is 5.11. The first kappa shape index (κ1) is 33.3. The molecule has 8 bridgehead atoms. The van der Waals surface area contributed by atoms with Gasteiger partial charge in [0.1, 0.15) is 5.92 Å². The van der Waals surface area contributed by atoms with E-state index in [1.807, 2.05) is 39.0 Å². The van der Waals surface area contributed by atoms with Gasteiger partial charge in [0, 0.05) is 22.7 Å². The molecule has 0 saturated carbocycles. The summed E-state index contributed by atoms with van der Waals surface area (Å²) in [6.45, 7) is 14.2. The van der Waals surface area contributed by atoms with Crippen LogP contribution in [0.1, 0.15) is 87.6 Å². The van der Waals surface area contributed by atoms with Crippen LogP contribution in [-0.4, -0.2) is 60.0 Å². The van der Waals surface area contributed by atoms with E-state index in [0.29, 0.717) is 40.2 Å². The molecule has 0 amide bonds. The monoisotopic (exact) mass is 629 g/mol. The van der Waals surface area contributed by atoms with Gasteiger partial charge >= 0.3 is 35.0 Å². The number of carbonyl (C=O) groups excluding carboxylic acids is 3. The fraction of sp³-hybridized carbons (Fsp3) is 0.361. The maximum atomic E-state index is 14.0. The standard InChI is InChI=1S/C36H38N4O5.Mg/c1-9-20-16(3)23-13-25-18(5)22(11-12-29(41)44-7)33(39-25)31-32(36(43)45-8)35(42)30-19(6)26(40-34(30)31)15-28-21(10-2)17(4)24(38-28)14-27(20)37-23;/h9,13-15,18,22,32,38H,1,10-12H2,2-8H3,(H-,39,40,42);/q-2;+2/p-1/b24-14-,25-13-,28-15-;/t18-,22-,32+;/m0./s1. The molecule has 46 heavy (non-hydrogen) atoms. The molecule has 1 N–H and O–H groups in total. The number of nitrogens with zero attached hydrogens (tertiary/aromatic N) is 3. The molecule has 5 heterocycles. The zero-order chi connectivity index (χ0) is 32.3. The number of fused-ring (bicyclic) bond motifs is 7. The molecule has 0 unspecified atom stereocenters. The molecule has 6 rings (SSSR count). The Morgan fingerprint density at radius 1 is 0.978 bits per heavy atom. The maximum absolute atomic E-state index is 14.0. The van der Waals surface area contributed by atoms with E-state index in [0.717, 1.165) is 56.5 Å². The van der Waals surface area contributed by atoms with Crippen molar-refractivity contribution in [3.63, 3.8) is 0 Å². The number of hydrogen-bond donors (Lipinski definition) is 1. The van der Waals surface area contributed by atoms with Crippen LogP contribution in [0.25, 0.3) is 35.2 Å². The fourth-order valence-corrected chi connectivity index (χ4v) is 7.11. The van der Waals surface area contributed by atoms with E-state index in [2.05, 4.69) is 31.5 Å². The van der Waals surface area contributed by atoms with E-state index in [1.54, 1.807) is 0 Å². The Morgan fingerprint density at radius 2 is 1.67 bits per heavy atom. The molecule has 0 radical (unpaired) electrons. The number of H-pyrrole nitrogens is 1. The fourth-order valence-electron chi connectivity index (χ4n) is 7.11. The second-order valence-corrected chi connectivity index (χ2v) is 12.0. The van der Waals surface area contributed by atoms with Gasteiger partial charge in [-0.05, 0) is 62.1 Å². The summed E-state index contributed by atoms with van der Waals surface area (Å²) in [5.41, 5.74) is 9.70. The van der Waals surface area contributed by atoms with Crippen LogP contribution in [0.4, 0.5) is 0 Å². The van der Waals surface area contributed by atoms with Gasteiger partial charge in [0.15, 0.2) is 5.78 Å². The average Bonchev–Trinajstić information content (AvgIpc) is 3.76. The Bertz CT molecular complexity index is 1990. The molecule has 1 fully saturated rings. The molecular formula is C36H37MgN4O5-. The Balaban J connectivity index is 0.00000417. The first-order chi connectivity index (χ1) is 21.5. The second kappa shape index (κ2) is 12.6. The zero-order valence-corrected chi connectivity index (χ0v) is 28.9. The summed E-state index contributed by atoms with van der Waals surface area (Å²) in [7, 11) is 2.64. The molecule has 0 aromatic carbocycles. The molecule has 1 aliphatic carbocycles. The number of nitrogens with one attached hydrogen (secondary N) is 1. The predicted octanol–water partition coefficient (Wildman–Crippen LogP) is 3.98. The van der Waals surface area contributed by atoms with E-state index in [1.165, 1.54) is 14.2 Å². The van der Waals surface area contributed by atoms with Crippen LogP contribution < -0.4 is 20.7 Å². The van der Waals surface area contributed by atoms with E-state index >= 15 is 0 Å². The van der Waals surface area contributed by atoms with Crippen molar-refractivity contribution < 1.29 is 23.9 Å². The van der Waals surface area contributed by atoms with Gasteiger partial charge in [0.05, 0.1) is 14.2 Å². The summed E-state index contributed by atoms with van der Waals surface area (Å²) in [4.78, 5) is 53.2. The average molecular weight is 630 g/mol. The van der Waals surface area contributed by atoms with Crippen molar-refractivity contribution in [1.82, 2.24) is 15.0 Å². The summed E-state index contributed by atoms with van der Waals surface area (Å²) >= 11 is 0. The van der Waals surface area contributed by atoms with Gasteiger partial charge in [-0.3, -0.25) is 14.4 Å². The van der Waals surface area contributed by atoms with Crippen LogP contribution in [0.2, 0.25) is 0 Å². The quantitative estimate of drug-likeness (QED) is 0.248. The summed E-state index contributed by atoms with van der Waals surface area (Å²) in [6.07, 6.45) is 9.18. The molecular weight excluding hydrogens is 593 g/mol. The number of Topliss-reactive ketones (excluding diaryl/α,β-unsaturated/α-hetero) is 1. The number of esters is 2. The van der Waals surface area contributed by atoms with Gasteiger partial charge in [0.25, 0.3) is 0 Å². The smallest absolute Gasteiger partial charge is 0.664 e. The van der Waals surface area contributed by atoms with E-state index in [-0.39, 0.29) is 53.1 Å². The van der Waals surface area contributed by atoms with Crippen LogP contribution in [0.5, 0.6) is 0 Å². The van der Waals surface area contributed by atoms with Crippen molar-refractivity contribution in [3.8, 4) is 0 Å². The number of hydrogen-bond acceptors (Lipinski definition) is 5. The van der Waals surface area contributed by atoms with Crippen LogP contribution in [0.3, 0.4) is 0 Å². The Kier molecular flexibility index (Phi) is 9.16. The second-order valence-electron chi connectivity index (χ2n) is 12.0. The minimum atomic E-state index is -1.19. The van der Waals surface area contributed by atoms with E-state index < -0.39 is 11.9 Å². The number of carbonyl (C=O) groups is 3. The van der Waals surface area contributed by atoms with E-state index in [9.17, 15) is 14.4 Å². The van der Waals surface area contributed by atoms with Crippen LogP contribution in [-0.2, 0) is 25.5 Å². The van der Waals surface area contributed by atoms with Crippen LogP contribution >= 0.6 is 0 Å². The number of ether oxygens (including phenoxy) is 2. The maximum Gasteiger partial charge on any atom is 2.00 e. The Labute approximate surface area is 284 Å². The normalized spacial score (nSPS) is 23.7. The Morgan fingerprint density at radius 3 is 2.33 bits per heavy atom. The SMILES string of the molecule is C=Cc1c2[n-]c(c1C)/C=C1\[N-]/C(=C3\c4[n-]c(c(C)c4C(=O)[C@@H]3C(=O)OC)/C=c3\[nH]/c(c(C)c3CC)=C\2)[C@@H](CCC(=O)OC)[C@@H]1C.[Mg+2]. The van der Waals surface area contributed by atoms with Crippen molar-refractivity contribution in [1.29, 1.82) is 0 Å². The molecule has 3 aromatic rings. The number of ketones is 1. The molecule has 3 atom stereocenters. The molecule has 9 nitrogen and oxygen atoms in total. The minimum Gasteiger partial charge on any atom is -0.664 e. The minimum absolute atomic E-state index is 0. The first-order valence-electron chi connectivity index (χ1n) is 15.3. The van der Waals surface area contributed by atoms with Crippen molar-refractivity contribution in [3.05, 3.63) is 90.1 Å². The van der Waals surface area contributed by atoms with Crippen molar-refractivity contribution in [2.45, 2.75) is 53.9 Å². The van der Waals surface area contributed by atoms with Gasteiger partial charge in [-0.25, -0.2) is 0 Å². The third-order valence-corrected chi connectivity index (χ3v) is 9.71. The van der Waals surface area contributed by atoms with Gasteiger partial charge in [0.2, 0.25) is 0 Å². The summed E-state index contributed by atoms with van der Waals surface area (Å²) in [6, 6.07) is 0. The molecule has 3 aromatic heterocycles.